The number of aryl methyl sites for hydroxylation is 2. The van der Waals surface area contributed by atoms with Crippen molar-refractivity contribution in [2.75, 3.05) is 20.1 Å². The van der Waals surface area contributed by atoms with Crippen molar-refractivity contribution in [1.82, 2.24) is 19.4 Å². The van der Waals surface area contributed by atoms with Crippen LogP contribution in [0.25, 0.3) is 0 Å². The van der Waals surface area contributed by atoms with E-state index in [2.05, 4.69) is 56.7 Å². The molecule has 0 unspecified atom stereocenters. The van der Waals surface area contributed by atoms with Gasteiger partial charge in [0, 0.05) is 49.9 Å². The summed E-state index contributed by atoms with van der Waals surface area (Å²) in [7, 11) is 2.26. The molecule has 3 heterocycles. The highest BCUT2D eigenvalue weighted by Crippen LogP contribution is 2.38. The highest BCUT2D eigenvalue weighted by atomic mass is 16.2. The minimum absolute atomic E-state index is 0.333. The quantitative estimate of drug-likeness (QED) is 0.774. The maximum Gasteiger partial charge on any atom is 0.222 e. The fourth-order valence-electron chi connectivity index (χ4n) is 5.42. The van der Waals surface area contributed by atoms with Crippen LogP contribution in [0.15, 0.2) is 42.7 Å². The molecule has 29 heavy (non-hydrogen) atoms. The third kappa shape index (κ3) is 4.40. The van der Waals surface area contributed by atoms with Crippen LogP contribution in [0.4, 0.5) is 0 Å². The molecule has 2 aliphatic heterocycles. The largest absolute Gasteiger partial charge is 0.338 e. The van der Waals surface area contributed by atoms with Gasteiger partial charge >= 0.3 is 0 Å². The van der Waals surface area contributed by atoms with Crippen molar-refractivity contribution in [2.24, 2.45) is 0 Å². The van der Waals surface area contributed by atoms with Gasteiger partial charge in [0.25, 0.3) is 0 Å². The van der Waals surface area contributed by atoms with Gasteiger partial charge < -0.3 is 14.4 Å². The molecule has 156 valence electrons. The minimum atomic E-state index is 0.333. The second-order valence-electron chi connectivity index (χ2n) is 8.70. The molecular weight excluding hydrogens is 360 g/mol. The Labute approximate surface area is 174 Å². The fourth-order valence-corrected chi connectivity index (χ4v) is 5.42. The van der Waals surface area contributed by atoms with Gasteiger partial charge in [-0.05, 0) is 51.8 Å². The number of nitrogens with zero attached hydrogens (tertiary/aromatic N) is 4. The first-order valence-electron chi connectivity index (χ1n) is 11.2. The van der Waals surface area contributed by atoms with Crippen molar-refractivity contribution in [2.45, 2.75) is 70.0 Å². The zero-order chi connectivity index (χ0) is 20.2. The van der Waals surface area contributed by atoms with Gasteiger partial charge in [-0.25, -0.2) is 4.98 Å². The summed E-state index contributed by atoms with van der Waals surface area (Å²) in [6.45, 7) is 4.90. The van der Waals surface area contributed by atoms with Gasteiger partial charge in [-0.3, -0.25) is 4.79 Å². The summed E-state index contributed by atoms with van der Waals surface area (Å²) >= 11 is 0. The van der Waals surface area contributed by atoms with Crippen LogP contribution in [0.5, 0.6) is 0 Å². The molecule has 3 atom stereocenters. The maximum atomic E-state index is 13.2. The zero-order valence-corrected chi connectivity index (χ0v) is 17.8. The van der Waals surface area contributed by atoms with Crippen LogP contribution >= 0.6 is 0 Å². The van der Waals surface area contributed by atoms with E-state index in [-0.39, 0.29) is 0 Å². The normalized spacial score (nSPS) is 25.4. The van der Waals surface area contributed by atoms with Gasteiger partial charge in [0.1, 0.15) is 5.82 Å². The summed E-state index contributed by atoms with van der Waals surface area (Å²) in [6.07, 6.45) is 9.96. The molecule has 2 fully saturated rings. The maximum absolute atomic E-state index is 13.2. The van der Waals surface area contributed by atoms with Crippen molar-refractivity contribution in [1.29, 1.82) is 0 Å². The third-order valence-corrected chi connectivity index (χ3v) is 6.92. The highest BCUT2D eigenvalue weighted by Gasteiger charge is 2.42. The highest BCUT2D eigenvalue weighted by molar-refractivity contribution is 5.76. The van der Waals surface area contributed by atoms with Gasteiger partial charge in [0.15, 0.2) is 0 Å². The third-order valence-electron chi connectivity index (χ3n) is 6.92. The fraction of sp³-hybridized carbons (Fsp3) is 0.583. The molecular formula is C24H34N4O. The molecule has 5 nitrogen and oxygen atoms in total. The summed E-state index contributed by atoms with van der Waals surface area (Å²) in [5, 5.41) is 0. The Morgan fingerprint density at radius 1 is 1.14 bits per heavy atom. The van der Waals surface area contributed by atoms with E-state index < -0.39 is 0 Å². The van der Waals surface area contributed by atoms with E-state index in [1.54, 1.807) is 0 Å². The topological polar surface area (TPSA) is 41.4 Å². The van der Waals surface area contributed by atoms with E-state index in [1.807, 2.05) is 19.3 Å². The monoisotopic (exact) mass is 394 g/mol. The molecule has 0 bridgehead atoms. The van der Waals surface area contributed by atoms with Crippen LogP contribution in [-0.2, 0) is 11.3 Å². The standard InChI is InChI=1S/C24H34N4O/c1-19-25-14-18-27(19)16-8-12-23(29)28-17-13-21(20-9-4-3-5-10-20)24-22(28)11-6-7-15-26(24)2/h3-5,9-10,14,18,21-22,24H,6-8,11-13,15-17H2,1-2H3/t21-,22-,24-/m1/s1. The first-order chi connectivity index (χ1) is 14.1. The molecule has 2 saturated heterocycles. The zero-order valence-electron chi connectivity index (χ0n) is 17.8. The molecule has 1 aromatic heterocycles. The Kier molecular flexibility index (Phi) is 6.34. The van der Waals surface area contributed by atoms with Gasteiger partial charge in [0.05, 0.1) is 0 Å². The average molecular weight is 395 g/mol. The van der Waals surface area contributed by atoms with Crippen LogP contribution in [0.3, 0.4) is 0 Å². The molecule has 0 aliphatic carbocycles. The molecule has 2 aromatic rings. The summed E-state index contributed by atoms with van der Waals surface area (Å²) in [6, 6.07) is 11.7. The molecule has 0 N–H and O–H groups in total. The summed E-state index contributed by atoms with van der Waals surface area (Å²) in [4.78, 5) is 22.2. The van der Waals surface area contributed by atoms with Crippen molar-refractivity contribution in [3.8, 4) is 0 Å². The van der Waals surface area contributed by atoms with Crippen LogP contribution in [0, 0.1) is 6.92 Å². The van der Waals surface area contributed by atoms with Gasteiger partial charge in [-0.15, -0.1) is 0 Å². The lowest BCUT2D eigenvalue weighted by atomic mass is 9.79. The summed E-state index contributed by atoms with van der Waals surface area (Å²) in [5.74, 6) is 1.87. The lowest BCUT2D eigenvalue weighted by molar-refractivity contribution is -0.137. The van der Waals surface area contributed by atoms with E-state index >= 15 is 0 Å². The van der Waals surface area contributed by atoms with E-state index in [0.717, 1.165) is 44.7 Å². The van der Waals surface area contributed by atoms with Crippen LogP contribution < -0.4 is 0 Å². The van der Waals surface area contributed by atoms with Gasteiger partial charge in [-0.1, -0.05) is 36.8 Å². The second kappa shape index (κ2) is 9.12. The number of carbonyl (C=O) groups is 1. The molecule has 5 heteroatoms. The average Bonchev–Trinajstić information content (AvgIpc) is 3.05. The number of hydrogen-bond donors (Lipinski definition) is 0. The van der Waals surface area contributed by atoms with E-state index in [0.29, 0.717) is 30.3 Å². The van der Waals surface area contributed by atoms with E-state index in [9.17, 15) is 4.79 Å². The Morgan fingerprint density at radius 2 is 1.97 bits per heavy atom. The summed E-state index contributed by atoms with van der Waals surface area (Å²) in [5.41, 5.74) is 1.43. The predicted octanol–water partition coefficient (Wildman–Crippen LogP) is 3.84. The van der Waals surface area contributed by atoms with Gasteiger partial charge in [0.2, 0.25) is 5.91 Å². The van der Waals surface area contributed by atoms with Crippen molar-refractivity contribution in [3.63, 3.8) is 0 Å². The SMILES string of the molecule is Cc1nccn1CCCC(=O)N1CC[C@H](c2ccccc2)[C@@H]2[C@H]1CCCCN2C. The van der Waals surface area contributed by atoms with Crippen LogP contribution in [-0.4, -0.2) is 57.5 Å². The predicted molar refractivity (Wildman–Crippen MR) is 116 cm³/mol. The van der Waals surface area contributed by atoms with Crippen LogP contribution in [0.1, 0.15) is 55.8 Å². The van der Waals surface area contributed by atoms with Crippen molar-refractivity contribution in [3.05, 3.63) is 54.1 Å². The Morgan fingerprint density at radius 3 is 2.72 bits per heavy atom. The number of likely N-dealkylation sites (N-methyl/N-ethyl adjacent to an activating group) is 1. The molecule has 4 rings (SSSR count). The van der Waals surface area contributed by atoms with Crippen LogP contribution in [0.2, 0.25) is 0 Å². The number of carbonyl (C=O) groups excluding carboxylic acids is 1. The number of rotatable bonds is 5. The number of hydrogen-bond acceptors (Lipinski definition) is 3. The first-order valence-corrected chi connectivity index (χ1v) is 11.2. The molecule has 0 saturated carbocycles. The summed E-state index contributed by atoms with van der Waals surface area (Å²) < 4.78 is 2.14. The molecule has 1 aromatic carbocycles. The van der Waals surface area contributed by atoms with Crippen molar-refractivity contribution >= 4 is 5.91 Å². The Hall–Kier alpha value is -2.14. The molecule has 2 aliphatic rings. The smallest absolute Gasteiger partial charge is 0.222 e. The van der Waals surface area contributed by atoms with E-state index in [1.165, 1.54) is 18.4 Å². The molecule has 0 radical (unpaired) electrons. The lowest BCUT2D eigenvalue weighted by Crippen LogP contribution is -2.58. The van der Waals surface area contributed by atoms with E-state index in [4.69, 9.17) is 0 Å². The number of imidazole rings is 1. The number of fused-ring (bicyclic) bond motifs is 1. The molecule has 1 amide bonds. The Balaban J connectivity index is 1.46. The number of piperidine rings is 1. The number of aromatic nitrogens is 2. The first kappa shape index (κ1) is 20.1. The van der Waals surface area contributed by atoms with Gasteiger partial charge in [-0.2, -0.15) is 0 Å². The lowest BCUT2D eigenvalue weighted by Gasteiger charge is -2.48. The van der Waals surface area contributed by atoms with Crippen molar-refractivity contribution < 1.29 is 4.79 Å². The number of amides is 1. The number of benzene rings is 1. The number of likely N-dealkylation sites (tertiary alicyclic amines) is 2. The molecule has 0 spiro atoms. The Bertz CT molecular complexity index is 802. The second-order valence-corrected chi connectivity index (χ2v) is 8.70. The minimum Gasteiger partial charge on any atom is -0.338 e.